The van der Waals surface area contributed by atoms with E-state index in [1.807, 2.05) is 0 Å². The van der Waals surface area contributed by atoms with Crippen LogP contribution in [0, 0.1) is 0 Å². The van der Waals surface area contributed by atoms with E-state index in [0.717, 1.165) is 50.8 Å². The van der Waals surface area contributed by atoms with E-state index in [0.29, 0.717) is 6.04 Å². The van der Waals surface area contributed by atoms with Gasteiger partial charge in [0.05, 0.1) is 13.1 Å². The molecule has 102 valence electrons. The van der Waals surface area contributed by atoms with Crippen LogP contribution in [-0.4, -0.2) is 49.1 Å². The van der Waals surface area contributed by atoms with Gasteiger partial charge in [0.25, 0.3) is 0 Å². The van der Waals surface area contributed by atoms with Gasteiger partial charge < -0.3 is 14.6 Å². The fourth-order valence-electron chi connectivity index (χ4n) is 2.46. The molecule has 1 aromatic rings. The standard InChI is InChI=1S/C14H25N3O/c1-4-15-9-13-5-6-14(18-13)11-17-8-7-16(3)10-12(17)2/h5-6,12,15H,4,7-11H2,1-3H3. The molecule has 0 spiro atoms. The van der Waals surface area contributed by atoms with Gasteiger partial charge in [0.15, 0.2) is 0 Å². The monoisotopic (exact) mass is 251 g/mol. The summed E-state index contributed by atoms with van der Waals surface area (Å²) in [5.41, 5.74) is 0. The van der Waals surface area contributed by atoms with Crippen LogP contribution in [0.1, 0.15) is 25.4 Å². The summed E-state index contributed by atoms with van der Waals surface area (Å²) in [6.45, 7) is 10.6. The highest BCUT2D eigenvalue weighted by Gasteiger charge is 2.22. The molecule has 4 heteroatoms. The Balaban J connectivity index is 1.87. The van der Waals surface area contributed by atoms with Crippen molar-refractivity contribution in [3.05, 3.63) is 23.7 Å². The molecule has 2 rings (SSSR count). The molecule has 1 unspecified atom stereocenters. The van der Waals surface area contributed by atoms with Crippen molar-refractivity contribution in [3.63, 3.8) is 0 Å². The molecule has 1 aliphatic heterocycles. The second kappa shape index (κ2) is 6.36. The van der Waals surface area contributed by atoms with Gasteiger partial charge in [0, 0.05) is 25.7 Å². The van der Waals surface area contributed by atoms with Crippen molar-refractivity contribution < 1.29 is 4.42 Å². The first kappa shape index (κ1) is 13.6. The number of hydrogen-bond acceptors (Lipinski definition) is 4. The van der Waals surface area contributed by atoms with Crippen LogP contribution >= 0.6 is 0 Å². The maximum atomic E-state index is 5.85. The van der Waals surface area contributed by atoms with Gasteiger partial charge in [-0.3, -0.25) is 4.90 Å². The van der Waals surface area contributed by atoms with E-state index in [9.17, 15) is 0 Å². The molecule has 0 bridgehead atoms. The zero-order valence-electron chi connectivity index (χ0n) is 11.8. The molecule has 1 fully saturated rings. The van der Waals surface area contributed by atoms with Crippen LogP contribution in [-0.2, 0) is 13.1 Å². The van der Waals surface area contributed by atoms with Crippen molar-refractivity contribution in [2.75, 3.05) is 33.2 Å². The van der Waals surface area contributed by atoms with E-state index >= 15 is 0 Å². The Bertz CT molecular complexity index is 364. The number of piperazine rings is 1. The first-order valence-electron chi connectivity index (χ1n) is 6.90. The van der Waals surface area contributed by atoms with E-state index in [1.165, 1.54) is 0 Å². The van der Waals surface area contributed by atoms with E-state index in [1.54, 1.807) is 0 Å². The van der Waals surface area contributed by atoms with E-state index < -0.39 is 0 Å². The Morgan fingerprint density at radius 1 is 1.33 bits per heavy atom. The van der Waals surface area contributed by atoms with Gasteiger partial charge in [-0.15, -0.1) is 0 Å². The van der Waals surface area contributed by atoms with Crippen molar-refractivity contribution in [3.8, 4) is 0 Å². The van der Waals surface area contributed by atoms with Crippen LogP contribution < -0.4 is 5.32 Å². The summed E-state index contributed by atoms with van der Waals surface area (Å²) in [5.74, 6) is 2.12. The minimum atomic E-state index is 0.603. The molecule has 1 aromatic heterocycles. The Morgan fingerprint density at radius 3 is 2.83 bits per heavy atom. The van der Waals surface area contributed by atoms with Gasteiger partial charge in [-0.1, -0.05) is 6.92 Å². The maximum absolute atomic E-state index is 5.85. The fraction of sp³-hybridized carbons (Fsp3) is 0.714. The van der Waals surface area contributed by atoms with Crippen LogP contribution in [0.15, 0.2) is 16.5 Å². The highest BCUT2D eigenvalue weighted by molar-refractivity contribution is 5.07. The van der Waals surface area contributed by atoms with E-state index in [4.69, 9.17) is 4.42 Å². The highest BCUT2D eigenvalue weighted by atomic mass is 16.3. The van der Waals surface area contributed by atoms with Crippen molar-refractivity contribution >= 4 is 0 Å². The lowest BCUT2D eigenvalue weighted by atomic mass is 10.2. The first-order chi connectivity index (χ1) is 8.69. The summed E-state index contributed by atoms with van der Waals surface area (Å²) in [6, 6.07) is 4.79. The van der Waals surface area contributed by atoms with Gasteiger partial charge in [-0.25, -0.2) is 0 Å². The molecule has 1 atom stereocenters. The van der Waals surface area contributed by atoms with Gasteiger partial charge in [-0.2, -0.15) is 0 Å². The van der Waals surface area contributed by atoms with Crippen LogP contribution in [0.5, 0.6) is 0 Å². The summed E-state index contributed by atoms with van der Waals surface area (Å²) in [5, 5.41) is 3.28. The predicted octanol–water partition coefficient (Wildman–Crippen LogP) is 1.53. The van der Waals surface area contributed by atoms with Crippen molar-refractivity contribution in [1.82, 2.24) is 15.1 Å². The Labute approximate surface area is 110 Å². The number of nitrogens with zero attached hydrogens (tertiary/aromatic N) is 2. The van der Waals surface area contributed by atoms with Crippen LogP contribution in [0.4, 0.5) is 0 Å². The molecule has 0 radical (unpaired) electrons. The molecule has 0 aromatic carbocycles. The van der Waals surface area contributed by atoms with E-state index in [-0.39, 0.29) is 0 Å². The largest absolute Gasteiger partial charge is 0.463 e. The van der Waals surface area contributed by atoms with Gasteiger partial charge in [0.1, 0.15) is 11.5 Å². The summed E-state index contributed by atoms with van der Waals surface area (Å²) < 4.78 is 5.85. The highest BCUT2D eigenvalue weighted by Crippen LogP contribution is 2.15. The average Bonchev–Trinajstić information content (AvgIpc) is 2.78. The smallest absolute Gasteiger partial charge is 0.118 e. The van der Waals surface area contributed by atoms with Gasteiger partial charge >= 0.3 is 0 Å². The van der Waals surface area contributed by atoms with Crippen molar-refractivity contribution in [1.29, 1.82) is 0 Å². The second-order valence-electron chi connectivity index (χ2n) is 5.23. The molecule has 18 heavy (non-hydrogen) atoms. The molecule has 1 aliphatic rings. The summed E-state index contributed by atoms with van der Waals surface area (Å²) in [4.78, 5) is 4.88. The van der Waals surface area contributed by atoms with Crippen molar-refractivity contribution in [2.45, 2.75) is 33.0 Å². The third-order valence-corrected chi connectivity index (χ3v) is 3.59. The zero-order valence-corrected chi connectivity index (χ0v) is 11.8. The number of furan rings is 1. The Hall–Kier alpha value is -0.840. The molecular weight excluding hydrogens is 226 g/mol. The van der Waals surface area contributed by atoms with Gasteiger partial charge in [-0.05, 0) is 32.6 Å². The van der Waals surface area contributed by atoms with Crippen molar-refractivity contribution in [2.24, 2.45) is 0 Å². The molecule has 1 N–H and O–H groups in total. The molecule has 1 saturated heterocycles. The molecule has 2 heterocycles. The first-order valence-corrected chi connectivity index (χ1v) is 6.90. The van der Waals surface area contributed by atoms with Gasteiger partial charge in [0.2, 0.25) is 0 Å². The maximum Gasteiger partial charge on any atom is 0.118 e. The number of likely N-dealkylation sites (N-methyl/N-ethyl adjacent to an activating group) is 1. The predicted molar refractivity (Wildman–Crippen MR) is 73.5 cm³/mol. The minimum absolute atomic E-state index is 0.603. The Kier molecular flexibility index (Phi) is 4.80. The third-order valence-electron chi connectivity index (χ3n) is 3.59. The lowest BCUT2D eigenvalue weighted by molar-refractivity contribution is 0.0871. The minimum Gasteiger partial charge on any atom is -0.463 e. The van der Waals surface area contributed by atoms with Crippen LogP contribution in [0.2, 0.25) is 0 Å². The second-order valence-corrected chi connectivity index (χ2v) is 5.23. The average molecular weight is 251 g/mol. The lowest BCUT2D eigenvalue weighted by Gasteiger charge is -2.37. The number of rotatable bonds is 5. The third kappa shape index (κ3) is 3.57. The van der Waals surface area contributed by atoms with Crippen LogP contribution in [0.25, 0.3) is 0 Å². The fourth-order valence-corrected chi connectivity index (χ4v) is 2.46. The summed E-state index contributed by atoms with van der Waals surface area (Å²) in [7, 11) is 2.19. The topological polar surface area (TPSA) is 31.6 Å². The quantitative estimate of drug-likeness (QED) is 0.860. The molecule has 0 amide bonds. The normalized spacial score (nSPS) is 22.5. The number of nitrogens with one attached hydrogen (secondary N) is 1. The molecule has 0 aliphatic carbocycles. The van der Waals surface area contributed by atoms with Crippen LogP contribution in [0.3, 0.4) is 0 Å². The number of hydrogen-bond donors (Lipinski definition) is 1. The summed E-state index contributed by atoms with van der Waals surface area (Å²) >= 11 is 0. The SMILES string of the molecule is CCNCc1ccc(CN2CCN(C)CC2C)o1. The Morgan fingerprint density at radius 2 is 2.11 bits per heavy atom. The summed E-state index contributed by atoms with van der Waals surface area (Å²) in [6.07, 6.45) is 0. The zero-order chi connectivity index (χ0) is 13.0. The van der Waals surface area contributed by atoms with E-state index in [2.05, 4.69) is 48.1 Å². The molecule has 0 saturated carbocycles. The molecule has 4 nitrogen and oxygen atoms in total. The molecular formula is C14H25N3O. The lowest BCUT2D eigenvalue weighted by Crippen LogP contribution is -2.49.